The highest BCUT2D eigenvalue weighted by molar-refractivity contribution is 6.12. The number of H-pyrrole nitrogens is 2. The summed E-state index contributed by atoms with van der Waals surface area (Å²) in [6, 6.07) is 54.2. The van der Waals surface area contributed by atoms with Crippen LogP contribution in [-0.4, -0.2) is 40.4 Å². The second kappa shape index (κ2) is 15.1. The van der Waals surface area contributed by atoms with Crippen molar-refractivity contribution < 1.29 is 20.4 Å². The minimum Gasteiger partial charge on any atom is -0.507 e. The third kappa shape index (κ3) is 6.01. The molecule has 8 bridgehead atoms. The van der Waals surface area contributed by atoms with Crippen LogP contribution in [0, 0.1) is 0 Å². The minimum atomic E-state index is 0.0803. The van der Waals surface area contributed by atoms with E-state index in [1.54, 1.807) is 24.3 Å². The number of phenols is 4. The molecule has 0 saturated heterocycles. The first-order chi connectivity index (χ1) is 33.4. The highest BCUT2D eigenvalue weighted by Gasteiger charge is 2.25. The van der Waals surface area contributed by atoms with E-state index in [-0.39, 0.29) is 23.0 Å². The summed E-state index contributed by atoms with van der Waals surface area (Å²) in [5, 5.41) is 55.0. The van der Waals surface area contributed by atoms with Gasteiger partial charge in [-0.15, -0.1) is 0 Å². The molecule has 6 N–H and O–H groups in total. The molecule has 2 aliphatic rings. The van der Waals surface area contributed by atoms with Crippen LogP contribution in [0.4, 0.5) is 0 Å². The van der Waals surface area contributed by atoms with Crippen LogP contribution < -0.4 is 0 Å². The lowest BCUT2D eigenvalue weighted by atomic mass is 9.95. The smallest absolute Gasteiger partial charge is 0.124 e. The molecular weight excluding hydrogens is 841 g/mol. The zero-order chi connectivity index (χ0) is 45.6. The van der Waals surface area contributed by atoms with Gasteiger partial charge in [0.15, 0.2) is 0 Å². The molecule has 68 heavy (non-hydrogen) atoms. The summed E-state index contributed by atoms with van der Waals surface area (Å²) in [5.41, 5.74) is 9.94. The van der Waals surface area contributed by atoms with Crippen molar-refractivity contribution in [3.05, 3.63) is 193 Å². The van der Waals surface area contributed by atoms with Crippen molar-refractivity contribution in [2.45, 2.75) is 0 Å². The van der Waals surface area contributed by atoms with Crippen LogP contribution in [-0.2, 0) is 0 Å². The predicted molar refractivity (Wildman–Crippen MR) is 277 cm³/mol. The molecule has 3 aromatic heterocycles. The van der Waals surface area contributed by atoms with Crippen molar-refractivity contribution >= 4 is 89.5 Å². The number of hydrogen-bond acceptors (Lipinski definition) is 6. The first-order valence-corrected chi connectivity index (χ1v) is 22.4. The van der Waals surface area contributed by atoms with E-state index in [1.807, 2.05) is 170 Å². The molecule has 322 valence electrons. The van der Waals surface area contributed by atoms with Crippen LogP contribution in [0.25, 0.3) is 134 Å². The van der Waals surface area contributed by atoms with E-state index in [4.69, 9.17) is 9.97 Å². The van der Waals surface area contributed by atoms with Crippen molar-refractivity contribution in [2.75, 3.05) is 0 Å². The number of fused-ring (bicyclic) bond motifs is 12. The molecule has 11 aromatic rings. The number of benzene rings is 8. The van der Waals surface area contributed by atoms with E-state index in [1.165, 1.54) is 0 Å². The van der Waals surface area contributed by atoms with E-state index in [0.717, 1.165) is 43.1 Å². The maximum atomic E-state index is 12.0. The molecule has 8 nitrogen and oxygen atoms in total. The normalized spacial score (nSPS) is 12.2. The van der Waals surface area contributed by atoms with Gasteiger partial charge >= 0.3 is 0 Å². The van der Waals surface area contributed by atoms with E-state index < -0.39 is 0 Å². The fourth-order valence-electron chi connectivity index (χ4n) is 10.3. The number of rotatable bonds is 4. The molecule has 13 rings (SSSR count). The molecule has 0 radical (unpaired) electrons. The van der Waals surface area contributed by atoms with Gasteiger partial charge in [-0.05, 0) is 116 Å². The monoisotopic (exact) mass is 878 g/mol. The summed E-state index contributed by atoms with van der Waals surface area (Å²) in [6.45, 7) is 0. The number of aromatic amines is 2. The summed E-state index contributed by atoms with van der Waals surface area (Å²) < 4.78 is 0. The van der Waals surface area contributed by atoms with Crippen LogP contribution in [0.3, 0.4) is 0 Å². The Bertz CT molecular complexity index is 3680. The molecular formula is C60H38N4O4. The van der Waals surface area contributed by atoms with Gasteiger partial charge in [0, 0.05) is 66.6 Å². The summed E-state index contributed by atoms with van der Waals surface area (Å²) in [6.07, 6.45) is 7.81. The van der Waals surface area contributed by atoms with E-state index in [0.29, 0.717) is 89.4 Å². The van der Waals surface area contributed by atoms with Gasteiger partial charge in [-0.1, -0.05) is 121 Å². The van der Waals surface area contributed by atoms with Gasteiger partial charge in [-0.3, -0.25) is 0 Å². The molecule has 0 unspecified atom stereocenters. The summed E-state index contributed by atoms with van der Waals surface area (Å²) in [5.74, 6) is 0.321. The zero-order valence-electron chi connectivity index (χ0n) is 36.2. The number of nitrogens with one attached hydrogen (secondary N) is 2. The van der Waals surface area contributed by atoms with Crippen LogP contribution >= 0.6 is 0 Å². The van der Waals surface area contributed by atoms with E-state index in [2.05, 4.69) is 9.97 Å². The molecule has 5 heterocycles. The minimum absolute atomic E-state index is 0.0803. The first-order valence-electron chi connectivity index (χ1n) is 22.4. The number of aromatic hydroxyl groups is 4. The molecule has 0 saturated carbocycles. The Morgan fingerprint density at radius 1 is 0.250 bits per heavy atom. The summed E-state index contributed by atoms with van der Waals surface area (Å²) in [7, 11) is 0. The highest BCUT2D eigenvalue weighted by Crippen LogP contribution is 2.48. The second-order valence-electron chi connectivity index (χ2n) is 17.2. The molecule has 0 aliphatic carbocycles. The Labute approximate surface area is 388 Å². The van der Waals surface area contributed by atoms with Crippen LogP contribution in [0.1, 0.15) is 22.8 Å². The quantitative estimate of drug-likeness (QED) is 0.104. The van der Waals surface area contributed by atoms with Gasteiger partial charge in [0.1, 0.15) is 23.0 Å². The lowest BCUT2D eigenvalue weighted by Crippen LogP contribution is -1.92. The second-order valence-corrected chi connectivity index (χ2v) is 17.2. The maximum absolute atomic E-state index is 12.0. The van der Waals surface area contributed by atoms with E-state index in [9.17, 15) is 20.4 Å². The number of hydrogen-bond donors (Lipinski definition) is 6. The summed E-state index contributed by atoms with van der Waals surface area (Å²) >= 11 is 0. The van der Waals surface area contributed by atoms with Crippen LogP contribution in [0.15, 0.2) is 170 Å². The molecule has 0 atom stereocenters. The Balaban J connectivity index is 1.27. The van der Waals surface area contributed by atoms with Crippen molar-refractivity contribution in [3.63, 3.8) is 0 Å². The van der Waals surface area contributed by atoms with Gasteiger partial charge in [-0.25, -0.2) is 9.97 Å². The average Bonchev–Trinajstić information content (AvgIpc) is 4.22. The van der Waals surface area contributed by atoms with Crippen LogP contribution in [0.2, 0.25) is 0 Å². The molecule has 8 heteroatoms. The van der Waals surface area contributed by atoms with Gasteiger partial charge in [0.2, 0.25) is 0 Å². The SMILES string of the molecule is Oc1ccc2ccccc2c1-c1c2nc(c(-c3c(O)ccc4ccccc34)c3ccc([nH]3)c(-c3c(O)ccc4ccccc34)c3nc(c(-c4c(O)ccc5ccccc45)c4ccc1[nH]4)C=C3)C=C2. The van der Waals surface area contributed by atoms with Gasteiger partial charge < -0.3 is 30.4 Å². The fraction of sp³-hybridized carbons (Fsp3) is 0. The topological polar surface area (TPSA) is 138 Å². The van der Waals surface area contributed by atoms with Crippen molar-refractivity contribution in [1.29, 1.82) is 0 Å². The Kier molecular flexibility index (Phi) is 8.65. The van der Waals surface area contributed by atoms with Gasteiger partial charge in [0.05, 0.1) is 22.8 Å². The Morgan fingerprint density at radius 2 is 0.485 bits per heavy atom. The maximum Gasteiger partial charge on any atom is 0.124 e. The zero-order valence-corrected chi connectivity index (χ0v) is 36.2. The van der Waals surface area contributed by atoms with Crippen molar-refractivity contribution in [2.24, 2.45) is 0 Å². The van der Waals surface area contributed by atoms with E-state index >= 15 is 0 Å². The van der Waals surface area contributed by atoms with Gasteiger partial charge in [0.25, 0.3) is 0 Å². The largest absolute Gasteiger partial charge is 0.507 e. The summed E-state index contributed by atoms with van der Waals surface area (Å²) in [4.78, 5) is 18.4. The highest BCUT2D eigenvalue weighted by atomic mass is 16.3. The number of aromatic nitrogens is 4. The molecule has 0 amide bonds. The number of phenolic OH excluding ortho intramolecular Hbond substituents is 4. The standard InChI is InChI=1S/C60H38N4O4/c65-49-29-17-33-9-1-5-13-37(33)53(49)57-41-21-23-43(61-41)58(54-38-14-6-2-10-34(38)18-30-50(54)66)45-25-27-47(63-45)60(56-40-16-8-4-12-36(40)20-32-52(56)68)48-28-26-46(64-48)59(44-24-22-42(57)62-44)55-39-15-7-3-11-35(39)19-31-51(55)67/h1-32,61,64-68H. The van der Waals surface area contributed by atoms with Gasteiger partial charge in [-0.2, -0.15) is 0 Å². The molecule has 0 fully saturated rings. The molecule has 2 aliphatic heterocycles. The lowest BCUT2D eigenvalue weighted by molar-refractivity contribution is 0.477. The molecule has 8 aromatic carbocycles. The lowest BCUT2D eigenvalue weighted by Gasteiger charge is -2.13. The first kappa shape index (κ1) is 39.0. The fourth-order valence-corrected chi connectivity index (χ4v) is 10.3. The van der Waals surface area contributed by atoms with Crippen LogP contribution in [0.5, 0.6) is 23.0 Å². The van der Waals surface area contributed by atoms with Crippen molar-refractivity contribution in [3.8, 4) is 67.5 Å². The third-order valence-corrected chi connectivity index (χ3v) is 13.4. The molecule has 0 spiro atoms. The van der Waals surface area contributed by atoms with Crippen molar-refractivity contribution in [1.82, 2.24) is 19.9 Å². The number of nitrogens with zero attached hydrogens (tertiary/aromatic N) is 2. The Morgan fingerprint density at radius 3 is 0.735 bits per heavy atom. The predicted octanol–water partition coefficient (Wildman–Crippen LogP) is 14.8. The Hall–Kier alpha value is -9.40. The average molecular weight is 879 g/mol. The third-order valence-electron chi connectivity index (χ3n) is 13.4.